The Morgan fingerprint density at radius 3 is 2.60 bits per heavy atom. The van der Waals surface area contributed by atoms with Crippen LogP contribution in [0.1, 0.15) is 22.8 Å². The number of hydrogen-bond donors (Lipinski definition) is 2. The van der Waals surface area contributed by atoms with Gasteiger partial charge in [0.15, 0.2) is 0 Å². The molecule has 1 aliphatic rings. The van der Waals surface area contributed by atoms with Crippen molar-refractivity contribution in [1.29, 1.82) is 0 Å². The number of anilines is 1. The summed E-state index contributed by atoms with van der Waals surface area (Å²) in [6.07, 6.45) is 0. The average Bonchev–Trinajstić information content (AvgIpc) is 3.17. The first-order valence-corrected chi connectivity index (χ1v) is 9.82. The van der Waals surface area contributed by atoms with Crippen LogP contribution in [0.4, 0.5) is 10.5 Å². The van der Waals surface area contributed by atoms with Gasteiger partial charge in [-0.05, 0) is 43.3 Å². The smallest absolute Gasteiger partial charge is 0.338 e. The molecule has 160 valence electrons. The maximum atomic E-state index is 12.1. The molecule has 2 aromatic carbocycles. The van der Waals surface area contributed by atoms with Gasteiger partial charge in [-0.1, -0.05) is 23.7 Å². The molecule has 0 saturated carbocycles. The molecule has 1 aliphatic heterocycles. The lowest BCUT2D eigenvalue weighted by Gasteiger charge is -2.21. The van der Waals surface area contributed by atoms with Crippen LogP contribution >= 0.6 is 24.0 Å². The minimum Gasteiger partial charge on any atom is -0.462 e. The predicted molar refractivity (Wildman–Crippen MR) is 121 cm³/mol. The van der Waals surface area contributed by atoms with Crippen LogP contribution in [-0.2, 0) is 4.74 Å². The highest BCUT2D eigenvalue weighted by Gasteiger charge is 2.20. The van der Waals surface area contributed by atoms with Crippen LogP contribution in [0.15, 0.2) is 53.5 Å². The van der Waals surface area contributed by atoms with Crippen molar-refractivity contribution in [2.75, 3.05) is 38.1 Å². The summed E-state index contributed by atoms with van der Waals surface area (Å²) >= 11 is 6.28. The van der Waals surface area contributed by atoms with E-state index in [1.54, 1.807) is 31.2 Å². The van der Waals surface area contributed by atoms with Gasteiger partial charge in [-0.2, -0.15) is 0 Å². The van der Waals surface area contributed by atoms with Crippen molar-refractivity contribution in [1.82, 2.24) is 10.2 Å². The molecule has 3 rings (SSSR count). The van der Waals surface area contributed by atoms with Crippen LogP contribution in [0.5, 0.6) is 0 Å². The largest absolute Gasteiger partial charge is 0.462 e. The predicted octanol–water partition coefficient (Wildman–Crippen LogP) is 3.82. The maximum absolute atomic E-state index is 12.1. The number of carbonyl (C=O) groups excluding carboxylic acids is 2. The molecule has 0 aliphatic carbocycles. The van der Waals surface area contributed by atoms with Crippen molar-refractivity contribution in [3.8, 4) is 0 Å². The van der Waals surface area contributed by atoms with Crippen molar-refractivity contribution in [3.05, 3.63) is 64.7 Å². The number of nitrogens with zero attached hydrogens (tertiary/aromatic N) is 2. The Morgan fingerprint density at radius 2 is 1.90 bits per heavy atom. The van der Waals surface area contributed by atoms with E-state index in [4.69, 9.17) is 16.3 Å². The highest BCUT2D eigenvalue weighted by Crippen LogP contribution is 2.20. The van der Waals surface area contributed by atoms with Gasteiger partial charge in [-0.15, -0.1) is 12.4 Å². The van der Waals surface area contributed by atoms with E-state index in [2.05, 4.69) is 20.5 Å². The first-order chi connectivity index (χ1) is 14.1. The van der Waals surface area contributed by atoms with E-state index in [1.807, 2.05) is 24.3 Å². The van der Waals surface area contributed by atoms with Crippen LogP contribution in [0.2, 0.25) is 5.02 Å². The van der Waals surface area contributed by atoms with Gasteiger partial charge in [0.2, 0.25) is 0 Å². The normalized spacial score (nSPS) is 12.6. The Labute approximate surface area is 186 Å². The summed E-state index contributed by atoms with van der Waals surface area (Å²) in [5.41, 5.74) is 1.94. The summed E-state index contributed by atoms with van der Waals surface area (Å²) in [6, 6.07) is 13.8. The maximum Gasteiger partial charge on any atom is 0.338 e. The molecule has 0 radical (unpaired) electrons. The number of esters is 1. The Morgan fingerprint density at radius 1 is 1.17 bits per heavy atom. The quantitative estimate of drug-likeness (QED) is 0.627. The number of rotatable bonds is 7. The van der Waals surface area contributed by atoms with Crippen LogP contribution in [0.3, 0.4) is 0 Å². The molecule has 0 bridgehead atoms. The molecule has 2 N–H and O–H groups in total. The van der Waals surface area contributed by atoms with E-state index < -0.39 is 0 Å². The highest BCUT2D eigenvalue weighted by molar-refractivity contribution is 6.34. The molecule has 2 amide bonds. The summed E-state index contributed by atoms with van der Waals surface area (Å²) in [7, 11) is 0. The van der Waals surface area contributed by atoms with Gasteiger partial charge in [0.25, 0.3) is 0 Å². The van der Waals surface area contributed by atoms with E-state index in [1.165, 1.54) is 0 Å². The Bertz CT molecular complexity index is 903. The van der Waals surface area contributed by atoms with Crippen LogP contribution in [-0.4, -0.2) is 55.5 Å². The number of nitrogens with one attached hydrogen (secondary N) is 2. The second-order valence-electron chi connectivity index (χ2n) is 6.35. The molecule has 7 nitrogen and oxygen atoms in total. The number of urea groups is 1. The van der Waals surface area contributed by atoms with Gasteiger partial charge in [0.05, 0.1) is 23.7 Å². The zero-order valence-electron chi connectivity index (χ0n) is 16.6. The molecule has 0 atom stereocenters. The van der Waals surface area contributed by atoms with Crippen LogP contribution < -0.4 is 10.6 Å². The van der Waals surface area contributed by atoms with Crippen molar-refractivity contribution >= 4 is 47.5 Å². The molecule has 2 aromatic rings. The minimum atomic E-state index is -0.384. The zero-order chi connectivity index (χ0) is 20.6. The molecule has 0 saturated heterocycles. The molecule has 0 unspecified atom stereocenters. The van der Waals surface area contributed by atoms with Gasteiger partial charge in [0.1, 0.15) is 5.84 Å². The molecule has 0 spiro atoms. The zero-order valence-corrected chi connectivity index (χ0v) is 18.1. The fraction of sp³-hybridized carbons (Fsp3) is 0.286. The highest BCUT2D eigenvalue weighted by atomic mass is 35.5. The number of carbonyl (C=O) groups is 2. The molecule has 9 heteroatoms. The lowest BCUT2D eigenvalue weighted by Crippen LogP contribution is -2.38. The number of hydrogen-bond acceptors (Lipinski definition) is 5. The van der Waals surface area contributed by atoms with Gasteiger partial charge < -0.3 is 20.3 Å². The third kappa shape index (κ3) is 6.11. The van der Waals surface area contributed by atoms with Crippen molar-refractivity contribution in [2.24, 2.45) is 4.99 Å². The summed E-state index contributed by atoms with van der Waals surface area (Å²) in [4.78, 5) is 30.4. The number of amides is 2. The van der Waals surface area contributed by atoms with E-state index >= 15 is 0 Å². The van der Waals surface area contributed by atoms with Gasteiger partial charge in [-0.25, -0.2) is 9.59 Å². The Balaban J connectivity index is 0.00000320. The summed E-state index contributed by atoms with van der Waals surface area (Å²) in [5.74, 6) is 0.470. The average molecular weight is 451 g/mol. The van der Waals surface area contributed by atoms with E-state index in [-0.39, 0.29) is 24.4 Å². The third-order valence-electron chi connectivity index (χ3n) is 4.37. The monoisotopic (exact) mass is 450 g/mol. The lowest BCUT2D eigenvalue weighted by molar-refractivity contribution is 0.0526. The fourth-order valence-electron chi connectivity index (χ4n) is 2.98. The molecule has 0 aromatic heterocycles. The van der Waals surface area contributed by atoms with E-state index in [0.717, 1.165) is 17.9 Å². The first kappa shape index (κ1) is 23.5. The van der Waals surface area contributed by atoms with Gasteiger partial charge in [-0.3, -0.25) is 4.99 Å². The second-order valence-corrected chi connectivity index (χ2v) is 6.76. The van der Waals surface area contributed by atoms with Gasteiger partial charge in [0, 0.05) is 30.9 Å². The molecular formula is C21H24Cl2N4O3. The van der Waals surface area contributed by atoms with Crippen molar-refractivity contribution in [2.45, 2.75) is 6.92 Å². The van der Waals surface area contributed by atoms with E-state index in [0.29, 0.717) is 42.5 Å². The minimum absolute atomic E-state index is 0. The fourth-order valence-corrected chi connectivity index (χ4v) is 3.20. The summed E-state index contributed by atoms with van der Waals surface area (Å²) in [6.45, 7) is 4.65. The molecule has 30 heavy (non-hydrogen) atoms. The number of ether oxygens (including phenoxy) is 1. The second kappa shape index (κ2) is 11.4. The van der Waals surface area contributed by atoms with Crippen LogP contribution in [0.25, 0.3) is 0 Å². The van der Waals surface area contributed by atoms with E-state index in [9.17, 15) is 9.59 Å². The first-order valence-electron chi connectivity index (χ1n) is 9.45. The number of halogens is 2. The summed E-state index contributed by atoms with van der Waals surface area (Å²) in [5, 5.41) is 6.24. The lowest BCUT2D eigenvalue weighted by atomic mass is 10.2. The Kier molecular flexibility index (Phi) is 8.95. The third-order valence-corrected chi connectivity index (χ3v) is 4.70. The SMILES string of the molecule is CCOC(=O)c1ccc(NC(=O)NCCN2CCN=C2c2ccccc2Cl)cc1.Cl. The van der Waals surface area contributed by atoms with Crippen molar-refractivity contribution < 1.29 is 14.3 Å². The number of benzene rings is 2. The molecule has 1 heterocycles. The standard InChI is InChI=1S/C21H23ClN4O3.ClH/c1-2-29-20(27)15-7-9-16(10-8-15)25-21(28)24-12-14-26-13-11-23-19(26)17-5-3-4-6-18(17)22;/h3-10H,2,11-14H2,1H3,(H2,24,25,28);1H. The summed E-state index contributed by atoms with van der Waals surface area (Å²) < 4.78 is 4.94. The molecular weight excluding hydrogens is 427 g/mol. The van der Waals surface area contributed by atoms with Crippen LogP contribution in [0, 0.1) is 0 Å². The Hall–Kier alpha value is -2.77. The molecule has 0 fully saturated rings. The number of aliphatic imine (C=N–C) groups is 1. The van der Waals surface area contributed by atoms with Gasteiger partial charge >= 0.3 is 12.0 Å². The van der Waals surface area contributed by atoms with Crippen molar-refractivity contribution in [3.63, 3.8) is 0 Å². The topological polar surface area (TPSA) is 83.0 Å². The number of amidine groups is 1.